The fourth-order valence-electron chi connectivity index (χ4n) is 2.80. The molecule has 1 N–H and O–H groups in total. The molecule has 1 heterocycles. The number of carbonyl (C=O) groups excluding carboxylic acids is 1. The lowest BCUT2D eigenvalue weighted by Gasteiger charge is -2.12. The predicted molar refractivity (Wildman–Crippen MR) is 109 cm³/mol. The summed E-state index contributed by atoms with van der Waals surface area (Å²) >= 11 is 0. The molecule has 2 aromatic carbocycles. The first-order valence-corrected chi connectivity index (χ1v) is 9.52. The Morgan fingerprint density at radius 1 is 1.16 bits per heavy atom. The van der Waals surface area contributed by atoms with Crippen molar-refractivity contribution in [1.29, 1.82) is 0 Å². The molecule has 3 aromatic rings. The number of amides is 1. The number of halogens is 2. The van der Waals surface area contributed by atoms with Gasteiger partial charge in [0.2, 0.25) is 0 Å². The molecule has 0 aliphatic rings. The molecule has 0 atom stereocenters. The van der Waals surface area contributed by atoms with Crippen LogP contribution in [0, 0.1) is 0 Å². The molecule has 0 saturated carbocycles. The third-order valence-corrected chi connectivity index (χ3v) is 4.40. The van der Waals surface area contributed by atoms with Crippen LogP contribution in [0.25, 0.3) is 11.5 Å². The summed E-state index contributed by atoms with van der Waals surface area (Å²) < 4.78 is 39.8. The highest BCUT2D eigenvalue weighted by Gasteiger charge is 2.23. The average Bonchev–Trinajstić information content (AvgIpc) is 3.23. The summed E-state index contributed by atoms with van der Waals surface area (Å²) in [5, 5.41) is 6.81. The molecule has 1 aromatic heterocycles. The van der Waals surface area contributed by atoms with Gasteiger partial charge in [0.15, 0.2) is 17.3 Å². The molecule has 0 saturated heterocycles. The van der Waals surface area contributed by atoms with Crippen molar-refractivity contribution in [2.75, 3.05) is 7.11 Å². The van der Waals surface area contributed by atoms with Crippen molar-refractivity contribution in [1.82, 2.24) is 15.5 Å². The monoisotopic (exact) mass is 431 g/mol. The molecule has 31 heavy (non-hydrogen) atoms. The standard InChI is InChI=1S/C22H23F2N3O4/c1-22(2,3)20-26-19(31-27-20)15-8-6-5-7-14(15)18(28)25-12-13-9-10-16(30-21(23)24)17(11-13)29-4/h5-11,21H,12H2,1-4H3,(H,25,28). The van der Waals surface area contributed by atoms with Crippen LogP contribution in [-0.4, -0.2) is 29.8 Å². The van der Waals surface area contributed by atoms with Gasteiger partial charge in [-0.25, -0.2) is 0 Å². The second-order valence-electron chi connectivity index (χ2n) is 7.77. The smallest absolute Gasteiger partial charge is 0.387 e. The third kappa shape index (κ3) is 5.36. The van der Waals surface area contributed by atoms with Crippen LogP contribution in [-0.2, 0) is 12.0 Å². The highest BCUT2D eigenvalue weighted by Crippen LogP contribution is 2.30. The maximum absolute atomic E-state index is 12.8. The summed E-state index contributed by atoms with van der Waals surface area (Å²) in [7, 11) is 1.35. The number of nitrogens with zero attached hydrogens (tertiary/aromatic N) is 2. The Morgan fingerprint density at radius 3 is 2.55 bits per heavy atom. The minimum atomic E-state index is -2.96. The molecule has 0 bridgehead atoms. The second kappa shape index (κ2) is 9.11. The fourth-order valence-corrected chi connectivity index (χ4v) is 2.80. The Balaban J connectivity index is 1.77. The van der Waals surface area contributed by atoms with E-state index in [-0.39, 0.29) is 35.3 Å². The highest BCUT2D eigenvalue weighted by atomic mass is 19.3. The number of benzene rings is 2. The molecule has 3 rings (SSSR count). The Labute approximate surface area is 178 Å². The zero-order chi connectivity index (χ0) is 22.6. The zero-order valence-corrected chi connectivity index (χ0v) is 17.6. The molecular weight excluding hydrogens is 408 g/mol. The summed E-state index contributed by atoms with van der Waals surface area (Å²) in [5.74, 6) is 0.511. The normalized spacial score (nSPS) is 11.5. The molecule has 0 aliphatic heterocycles. The summed E-state index contributed by atoms with van der Waals surface area (Å²) in [4.78, 5) is 17.2. The number of carbonyl (C=O) groups is 1. The van der Waals surface area contributed by atoms with E-state index in [0.29, 0.717) is 22.5 Å². The van der Waals surface area contributed by atoms with Gasteiger partial charge in [0.05, 0.1) is 18.2 Å². The first-order chi connectivity index (χ1) is 14.7. The van der Waals surface area contributed by atoms with Crippen molar-refractivity contribution in [3.8, 4) is 23.0 Å². The van der Waals surface area contributed by atoms with E-state index < -0.39 is 6.61 Å². The van der Waals surface area contributed by atoms with Gasteiger partial charge in [-0.05, 0) is 29.8 Å². The van der Waals surface area contributed by atoms with E-state index in [2.05, 4.69) is 20.2 Å². The molecule has 9 heteroatoms. The Bertz CT molecular complexity index is 1060. The van der Waals surface area contributed by atoms with Gasteiger partial charge < -0.3 is 19.3 Å². The summed E-state index contributed by atoms with van der Waals surface area (Å²) in [6.45, 7) is 3.08. The Morgan fingerprint density at radius 2 is 1.90 bits per heavy atom. The van der Waals surface area contributed by atoms with Crippen molar-refractivity contribution in [3.05, 3.63) is 59.4 Å². The van der Waals surface area contributed by atoms with E-state index in [0.717, 1.165) is 0 Å². The van der Waals surface area contributed by atoms with Crippen molar-refractivity contribution in [2.24, 2.45) is 0 Å². The lowest BCUT2D eigenvalue weighted by molar-refractivity contribution is -0.0512. The molecular formula is C22H23F2N3O4. The zero-order valence-electron chi connectivity index (χ0n) is 17.6. The van der Waals surface area contributed by atoms with Crippen LogP contribution in [0.1, 0.15) is 42.5 Å². The molecule has 7 nitrogen and oxygen atoms in total. The van der Waals surface area contributed by atoms with Crippen LogP contribution in [0.3, 0.4) is 0 Å². The van der Waals surface area contributed by atoms with Crippen molar-refractivity contribution in [2.45, 2.75) is 39.3 Å². The highest BCUT2D eigenvalue weighted by molar-refractivity contribution is 5.99. The molecule has 0 aliphatic carbocycles. The predicted octanol–water partition coefficient (Wildman–Crippen LogP) is 4.57. The number of hydrogen-bond donors (Lipinski definition) is 1. The number of ether oxygens (including phenoxy) is 2. The topological polar surface area (TPSA) is 86.5 Å². The van der Waals surface area contributed by atoms with Crippen molar-refractivity contribution in [3.63, 3.8) is 0 Å². The van der Waals surface area contributed by atoms with E-state index in [1.807, 2.05) is 20.8 Å². The van der Waals surface area contributed by atoms with E-state index >= 15 is 0 Å². The SMILES string of the molecule is COc1cc(CNC(=O)c2ccccc2-c2nc(C(C)(C)C)no2)ccc1OC(F)F. The van der Waals surface area contributed by atoms with Gasteiger partial charge in [-0.3, -0.25) is 4.79 Å². The van der Waals surface area contributed by atoms with Gasteiger partial charge in [0, 0.05) is 12.0 Å². The van der Waals surface area contributed by atoms with Gasteiger partial charge in [-0.2, -0.15) is 13.8 Å². The number of nitrogens with one attached hydrogen (secondary N) is 1. The van der Waals surface area contributed by atoms with Gasteiger partial charge in [-0.1, -0.05) is 44.1 Å². The van der Waals surface area contributed by atoms with Gasteiger partial charge in [-0.15, -0.1) is 0 Å². The second-order valence-corrected chi connectivity index (χ2v) is 7.77. The molecule has 0 fully saturated rings. The minimum absolute atomic E-state index is 0.0797. The number of alkyl halides is 2. The van der Waals surface area contributed by atoms with Crippen molar-refractivity contribution < 1.29 is 27.6 Å². The first-order valence-electron chi connectivity index (χ1n) is 9.52. The largest absolute Gasteiger partial charge is 0.493 e. The van der Waals surface area contributed by atoms with Gasteiger partial charge in [0.25, 0.3) is 11.8 Å². The lowest BCUT2D eigenvalue weighted by Crippen LogP contribution is -2.23. The molecule has 0 spiro atoms. The number of methoxy groups -OCH3 is 1. The summed E-state index contributed by atoms with van der Waals surface area (Å²) in [6, 6.07) is 11.4. The maximum atomic E-state index is 12.8. The van der Waals surface area contributed by atoms with Crippen LogP contribution in [0.4, 0.5) is 8.78 Å². The third-order valence-electron chi connectivity index (χ3n) is 4.40. The van der Waals surface area contributed by atoms with Crippen LogP contribution in [0.2, 0.25) is 0 Å². The summed E-state index contributed by atoms with van der Waals surface area (Å²) in [6.07, 6.45) is 0. The van der Waals surface area contributed by atoms with Crippen molar-refractivity contribution >= 4 is 5.91 Å². The average molecular weight is 431 g/mol. The Kier molecular flexibility index (Phi) is 6.53. The van der Waals surface area contributed by atoms with E-state index in [4.69, 9.17) is 9.26 Å². The van der Waals surface area contributed by atoms with Crippen LogP contribution < -0.4 is 14.8 Å². The van der Waals surface area contributed by atoms with E-state index in [1.165, 1.54) is 19.2 Å². The Hall–Kier alpha value is -3.49. The van der Waals surface area contributed by atoms with Crippen LogP contribution in [0.15, 0.2) is 47.0 Å². The molecule has 1 amide bonds. The van der Waals surface area contributed by atoms with Gasteiger partial charge in [0.1, 0.15) is 0 Å². The number of rotatable bonds is 7. The van der Waals surface area contributed by atoms with Crippen LogP contribution >= 0.6 is 0 Å². The number of aromatic nitrogens is 2. The molecule has 164 valence electrons. The van der Waals surface area contributed by atoms with Crippen LogP contribution in [0.5, 0.6) is 11.5 Å². The van der Waals surface area contributed by atoms with E-state index in [1.54, 1.807) is 30.3 Å². The molecule has 0 radical (unpaired) electrons. The lowest BCUT2D eigenvalue weighted by atomic mass is 9.96. The fraction of sp³-hybridized carbons (Fsp3) is 0.318. The molecule has 0 unspecified atom stereocenters. The number of hydrogen-bond acceptors (Lipinski definition) is 6. The van der Waals surface area contributed by atoms with Gasteiger partial charge >= 0.3 is 6.61 Å². The quantitative estimate of drug-likeness (QED) is 0.590. The first kappa shape index (κ1) is 22.2. The summed E-state index contributed by atoms with van der Waals surface area (Å²) in [5.41, 5.74) is 1.24. The van der Waals surface area contributed by atoms with E-state index in [9.17, 15) is 13.6 Å². The maximum Gasteiger partial charge on any atom is 0.387 e. The minimum Gasteiger partial charge on any atom is -0.493 e.